The van der Waals surface area contributed by atoms with Crippen LogP contribution in [0.1, 0.15) is 26.7 Å². The van der Waals surface area contributed by atoms with Gasteiger partial charge in [-0.1, -0.05) is 13.8 Å². The Morgan fingerprint density at radius 2 is 1.13 bits per heavy atom. The van der Waals surface area contributed by atoms with Crippen LogP contribution in [0.2, 0.25) is 0 Å². The number of amides is 2. The Balaban J connectivity index is -0.000000180. The van der Waals surface area contributed by atoms with Crippen LogP contribution < -0.4 is 22.9 Å². The summed E-state index contributed by atoms with van der Waals surface area (Å²) in [6.07, 6.45) is 1.24. The van der Waals surface area contributed by atoms with E-state index < -0.39 is 23.9 Å². The van der Waals surface area contributed by atoms with Gasteiger partial charge in [0.05, 0.1) is 12.1 Å². The zero-order valence-corrected chi connectivity index (χ0v) is 10.2. The highest BCUT2D eigenvalue weighted by Gasteiger charge is 2.03. The second kappa shape index (κ2) is 11.3. The normalized spacial score (nSPS) is 12.5. The first-order valence-electron chi connectivity index (χ1n) is 4.46. The molecule has 6 nitrogen and oxygen atoms in total. The lowest BCUT2D eigenvalue weighted by atomic mass is 10.2. The van der Waals surface area contributed by atoms with Crippen molar-refractivity contribution in [2.24, 2.45) is 22.9 Å². The van der Waals surface area contributed by atoms with E-state index in [0.717, 1.165) is 0 Å². The Kier molecular flexibility index (Phi) is 14.8. The molecule has 0 spiro atoms. The van der Waals surface area contributed by atoms with Gasteiger partial charge in [-0.3, -0.25) is 9.59 Å². The molecule has 0 fully saturated rings. The second-order valence-corrected chi connectivity index (χ2v) is 2.83. The van der Waals surface area contributed by atoms with Gasteiger partial charge in [-0.2, -0.15) is 13.5 Å². The van der Waals surface area contributed by atoms with Crippen molar-refractivity contribution >= 4 is 25.3 Å². The van der Waals surface area contributed by atoms with Crippen LogP contribution in [0.4, 0.5) is 0 Å². The van der Waals surface area contributed by atoms with Gasteiger partial charge in [0.25, 0.3) is 0 Å². The first kappa shape index (κ1) is 19.7. The SMILES string of the molecule is CCC(N)C(N)=O.CC[C@H](N)C(N)=O.S. The molecule has 0 aliphatic rings. The lowest BCUT2D eigenvalue weighted by molar-refractivity contribution is -0.120. The van der Waals surface area contributed by atoms with Gasteiger partial charge in [0.15, 0.2) is 0 Å². The molecule has 0 radical (unpaired) electrons. The molecule has 15 heavy (non-hydrogen) atoms. The van der Waals surface area contributed by atoms with Gasteiger partial charge in [-0.05, 0) is 12.8 Å². The Labute approximate surface area is 97.2 Å². The van der Waals surface area contributed by atoms with E-state index in [2.05, 4.69) is 0 Å². The maximum absolute atomic E-state index is 10.0. The average Bonchev–Trinajstić information content (AvgIpc) is 2.15. The summed E-state index contributed by atoms with van der Waals surface area (Å²) in [5.41, 5.74) is 19.8. The largest absolute Gasteiger partial charge is 0.368 e. The van der Waals surface area contributed by atoms with E-state index in [9.17, 15) is 9.59 Å². The number of nitrogens with two attached hydrogens (primary N) is 4. The van der Waals surface area contributed by atoms with E-state index in [1.807, 2.05) is 13.8 Å². The summed E-state index contributed by atoms with van der Waals surface area (Å²) in [5.74, 6) is -0.856. The molecule has 0 aliphatic carbocycles. The molecule has 1 unspecified atom stereocenters. The third kappa shape index (κ3) is 13.2. The molecule has 2 amide bonds. The third-order valence-corrected chi connectivity index (χ3v) is 1.61. The molecule has 0 heterocycles. The standard InChI is InChI=1S/2C4H10N2O.H2S/c2*1-2-3(5)4(6)7;/h2*3H,2,5H2,1H3,(H2,6,7);1H2/t3-;;/m0../s1. The summed E-state index contributed by atoms with van der Waals surface area (Å²) in [7, 11) is 0. The first-order valence-corrected chi connectivity index (χ1v) is 4.46. The average molecular weight is 238 g/mol. The number of hydrogen-bond donors (Lipinski definition) is 4. The van der Waals surface area contributed by atoms with Crippen molar-refractivity contribution in [2.45, 2.75) is 38.8 Å². The minimum absolute atomic E-state index is 0. The van der Waals surface area contributed by atoms with Crippen LogP contribution in [0.5, 0.6) is 0 Å². The lowest BCUT2D eigenvalue weighted by Gasteiger charge is -1.98. The highest BCUT2D eigenvalue weighted by molar-refractivity contribution is 7.59. The Hall–Kier alpha value is -0.790. The number of hydrogen-bond acceptors (Lipinski definition) is 4. The number of primary amides is 2. The fraction of sp³-hybridized carbons (Fsp3) is 0.750. The predicted octanol–water partition coefficient (Wildman–Crippen LogP) is -1.47. The van der Waals surface area contributed by atoms with Crippen LogP contribution in [0.15, 0.2) is 0 Å². The van der Waals surface area contributed by atoms with Crippen LogP contribution in [0, 0.1) is 0 Å². The van der Waals surface area contributed by atoms with Crippen molar-refractivity contribution in [1.29, 1.82) is 0 Å². The van der Waals surface area contributed by atoms with E-state index in [-0.39, 0.29) is 13.5 Å². The fourth-order valence-electron chi connectivity index (χ4n) is 0.402. The molecular formula is C8H22N4O2S. The van der Waals surface area contributed by atoms with E-state index in [0.29, 0.717) is 12.8 Å². The Bertz CT molecular complexity index is 169. The zero-order valence-electron chi connectivity index (χ0n) is 9.19. The second-order valence-electron chi connectivity index (χ2n) is 2.83. The topological polar surface area (TPSA) is 138 Å². The van der Waals surface area contributed by atoms with Crippen molar-refractivity contribution in [3.8, 4) is 0 Å². The summed E-state index contributed by atoms with van der Waals surface area (Å²) >= 11 is 0. The van der Waals surface area contributed by atoms with Crippen molar-refractivity contribution in [3.63, 3.8) is 0 Å². The summed E-state index contributed by atoms with van der Waals surface area (Å²) in [6.45, 7) is 3.63. The smallest absolute Gasteiger partial charge is 0.234 e. The molecule has 0 saturated carbocycles. The van der Waals surface area contributed by atoms with Gasteiger partial charge in [0, 0.05) is 0 Å². The maximum Gasteiger partial charge on any atom is 0.234 e. The van der Waals surface area contributed by atoms with Gasteiger partial charge in [-0.15, -0.1) is 0 Å². The highest BCUT2D eigenvalue weighted by atomic mass is 32.1. The molecule has 0 aliphatic heterocycles. The predicted molar refractivity (Wildman–Crippen MR) is 65.3 cm³/mol. The van der Waals surface area contributed by atoms with Crippen LogP contribution in [0.25, 0.3) is 0 Å². The van der Waals surface area contributed by atoms with E-state index in [1.54, 1.807) is 0 Å². The van der Waals surface area contributed by atoms with Gasteiger partial charge >= 0.3 is 0 Å². The zero-order chi connectivity index (χ0) is 11.7. The van der Waals surface area contributed by atoms with Gasteiger partial charge in [0.1, 0.15) is 0 Å². The highest BCUT2D eigenvalue weighted by Crippen LogP contribution is 1.80. The molecule has 0 aromatic rings. The molecule has 7 heteroatoms. The summed E-state index contributed by atoms with van der Waals surface area (Å²) in [4.78, 5) is 20.1. The van der Waals surface area contributed by atoms with E-state index in [4.69, 9.17) is 22.9 Å². The molecule has 8 N–H and O–H groups in total. The number of rotatable bonds is 4. The lowest BCUT2D eigenvalue weighted by Crippen LogP contribution is -2.35. The summed E-state index contributed by atoms with van der Waals surface area (Å²) in [6, 6.07) is -0.917. The van der Waals surface area contributed by atoms with E-state index >= 15 is 0 Å². The number of carbonyl (C=O) groups is 2. The molecule has 92 valence electrons. The Morgan fingerprint density at radius 1 is 0.933 bits per heavy atom. The van der Waals surface area contributed by atoms with Gasteiger partial charge in [-0.25, -0.2) is 0 Å². The maximum atomic E-state index is 10.0. The number of carbonyl (C=O) groups excluding carboxylic acids is 2. The van der Waals surface area contributed by atoms with Crippen molar-refractivity contribution in [1.82, 2.24) is 0 Å². The monoisotopic (exact) mass is 238 g/mol. The van der Waals surface area contributed by atoms with Crippen LogP contribution in [-0.2, 0) is 9.59 Å². The quantitative estimate of drug-likeness (QED) is 0.475. The van der Waals surface area contributed by atoms with Crippen molar-refractivity contribution < 1.29 is 9.59 Å². The first-order chi connectivity index (χ1) is 6.36. The summed E-state index contributed by atoms with van der Waals surface area (Å²) in [5, 5.41) is 0. The van der Waals surface area contributed by atoms with E-state index in [1.165, 1.54) is 0 Å². The molecule has 0 rings (SSSR count). The van der Waals surface area contributed by atoms with Gasteiger partial charge < -0.3 is 22.9 Å². The molecule has 0 aromatic carbocycles. The fourth-order valence-corrected chi connectivity index (χ4v) is 0.402. The summed E-state index contributed by atoms with van der Waals surface area (Å²) < 4.78 is 0. The van der Waals surface area contributed by atoms with Crippen LogP contribution in [0.3, 0.4) is 0 Å². The van der Waals surface area contributed by atoms with Crippen LogP contribution in [-0.4, -0.2) is 23.9 Å². The minimum Gasteiger partial charge on any atom is -0.368 e. The third-order valence-electron chi connectivity index (χ3n) is 1.61. The molecule has 0 aromatic heterocycles. The Morgan fingerprint density at radius 3 is 1.13 bits per heavy atom. The molecule has 2 atom stereocenters. The molecule has 0 bridgehead atoms. The van der Waals surface area contributed by atoms with Crippen LogP contribution >= 0.6 is 13.5 Å². The molecular weight excluding hydrogens is 216 g/mol. The van der Waals surface area contributed by atoms with Gasteiger partial charge in [0.2, 0.25) is 11.8 Å². The minimum atomic E-state index is -0.458. The van der Waals surface area contributed by atoms with Crippen molar-refractivity contribution in [2.75, 3.05) is 0 Å². The molecule has 0 saturated heterocycles. The van der Waals surface area contributed by atoms with Crippen molar-refractivity contribution in [3.05, 3.63) is 0 Å².